The Morgan fingerprint density at radius 3 is 3.00 bits per heavy atom. The molecule has 3 aromatic heterocycles. The third-order valence-corrected chi connectivity index (χ3v) is 5.12. The van der Waals surface area contributed by atoms with Crippen LogP contribution < -0.4 is 10.6 Å². The Kier molecular flexibility index (Phi) is 4.12. The van der Waals surface area contributed by atoms with Gasteiger partial charge < -0.3 is 10.6 Å². The molecule has 0 radical (unpaired) electrons. The Morgan fingerprint density at radius 2 is 2.27 bits per heavy atom. The van der Waals surface area contributed by atoms with Gasteiger partial charge in [-0.2, -0.15) is 0 Å². The molecule has 0 aromatic carbocycles. The number of rotatable bonds is 5. The number of imidazole rings is 1. The highest BCUT2D eigenvalue weighted by molar-refractivity contribution is 7.17. The van der Waals surface area contributed by atoms with Crippen molar-refractivity contribution in [2.45, 2.75) is 26.8 Å². The first-order valence-corrected chi connectivity index (χ1v) is 8.72. The van der Waals surface area contributed by atoms with E-state index in [-0.39, 0.29) is 11.9 Å². The second-order valence-corrected chi connectivity index (χ2v) is 6.79. The number of nitrogens with one attached hydrogen (secondary N) is 2. The fourth-order valence-electron chi connectivity index (χ4n) is 2.12. The topological polar surface area (TPSA) is 71.3 Å². The molecule has 3 aromatic rings. The lowest BCUT2D eigenvalue weighted by Gasteiger charge is -2.10. The molecule has 0 saturated carbocycles. The summed E-state index contributed by atoms with van der Waals surface area (Å²) in [5.74, 6) is -0.108. The van der Waals surface area contributed by atoms with E-state index in [0.717, 1.165) is 28.0 Å². The minimum Gasteiger partial charge on any atom is -0.362 e. The Bertz CT molecular complexity index is 775. The highest BCUT2D eigenvalue weighted by Crippen LogP contribution is 2.23. The molecular formula is C14H17N5OS2. The number of amides is 1. The highest BCUT2D eigenvalue weighted by Gasteiger charge is 2.19. The molecule has 116 valence electrons. The van der Waals surface area contributed by atoms with Crippen LogP contribution in [0.5, 0.6) is 0 Å². The third-order valence-electron chi connectivity index (χ3n) is 3.23. The first-order chi connectivity index (χ1) is 10.6. The molecule has 0 fully saturated rings. The van der Waals surface area contributed by atoms with Crippen LogP contribution in [0.1, 0.15) is 40.9 Å². The Labute approximate surface area is 136 Å². The van der Waals surface area contributed by atoms with Crippen LogP contribution in [-0.4, -0.2) is 26.8 Å². The second-order valence-electron chi connectivity index (χ2n) is 4.92. The van der Waals surface area contributed by atoms with Crippen molar-refractivity contribution in [2.75, 3.05) is 11.9 Å². The van der Waals surface area contributed by atoms with Crippen LogP contribution in [0.3, 0.4) is 0 Å². The predicted molar refractivity (Wildman–Crippen MR) is 90.0 cm³/mol. The lowest BCUT2D eigenvalue weighted by atomic mass is 10.2. The molecule has 3 rings (SSSR count). The van der Waals surface area contributed by atoms with Crippen LogP contribution in [0.25, 0.3) is 4.96 Å². The van der Waals surface area contributed by atoms with Gasteiger partial charge >= 0.3 is 0 Å². The van der Waals surface area contributed by atoms with Gasteiger partial charge in [0, 0.05) is 24.3 Å². The smallest absolute Gasteiger partial charge is 0.263 e. The van der Waals surface area contributed by atoms with Gasteiger partial charge in [0.2, 0.25) is 0 Å². The van der Waals surface area contributed by atoms with E-state index in [9.17, 15) is 4.79 Å². The van der Waals surface area contributed by atoms with Crippen molar-refractivity contribution in [3.8, 4) is 0 Å². The van der Waals surface area contributed by atoms with Gasteiger partial charge in [-0.15, -0.1) is 11.3 Å². The molecule has 1 amide bonds. The van der Waals surface area contributed by atoms with Gasteiger partial charge in [0.1, 0.15) is 4.88 Å². The molecular weight excluding hydrogens is 318 g/mol. The number of hydrogen-bond acceptors (Lipinski definition) is 6. The van der Waals surface area contributed by atoms with E-state index in [4.69, 9.17) is 0 Å². The van der Waals surface area contributed by atoms with Gasteiger partial charge in [0.25, 0.3) is 5.91 Å². The molecule has 0 spiro atoms. The summed E-state index contributed by atoms with van der Waals surface area (Å²) in [4.78, 5) is 22.9. The Balaban J connectivity index is 1.74. The standard InChI is InChI=1S/C14H17N5OS2/c1-4-15-13-17-9(3)11(22-13)12(20)16-8(2)10-7-19-5-6-21-14(19)18-10/h5-8H,4H2,1-3H3,(H,15,17)(H,16,20)/t8-/m0/s1. The summed E-state index contributed by atoms with van der Waals surface area (Å²) < 4.78 is 1.96. The van der Waals surface area contributed by atoms with Crippen molar-refractivity contribution in [1.29, 1.82) is 0 Å². The fourth-order valence-corrected chi connectivity index (χ4v) is 3.77. The largest absolute Gasteiger partial charge is 0.362 e. The molecule has 3 heterocycles. The Morgan fingerprint density at radius 1 is 1.45 bits per heavy atom. The van der Waals surface area contributed by atoms with Crippen LogP contribution in [0.15, 0.2) is 17.8 Å². The van der Waals surface area contributed by atoms with Gasteiger partial charge in [-0.05, 0) is 20.8 Å². The number of nitrogens with zero attached hydrogens (tertiary/aromatic N) is 3. The number of carbonyl (C=O) groups excluding carboxylic acids is 1. The summed E-state index contributed by atoms with van der Waals surface area (Å²) in [6.07, 6.45) is 3.90. The molecule has 0 saturated heterocycles. The average Bonchev–Trinajstić information content (AvgIpc) is 3.12. The lowest BCUT2D eigenvalue weighted by Crippen LogP contribution is -2.26. The maximum absolute atomic E-state index is 12.4. The van der Waals surface area contributed by atoms with Crippen LogP contribution in [0, 0.1) is 6.92 Å². The number of anilines is 1. The molecule has 0 aliphatic carbocycles. The zero-order valence-corrected chi connectivity index (χ0v) is 14.2. The van der Waals surface area contributed by atoms with Crippen molar-refractivity contribution < 1.29 is 4.79 Å². The van der Waals surface area contributed by atoms with E-state index in [0.29, 0.717) is 4.88 Å². The summed E-state index contributed by atoms with van der Waals surface area (Å²) in [5, 5.41) is 8.89. The minimum absolute atomic E-state index is 0.108. The van der Waals surface area contributed by atoms with Crippen molar-refractivity contribution in [3.05, 3.63) is 34.0 Å². The number of hydrogen-bond donors (Lipinski definition) is 2. The lowest BCUT2D eigenvalue weighted by molar-refractivity contribution is 0.0942. The summed E-state index contributed by atoms with van der Waals surface area (Å²) in [7, 11) is 0. The molecule has 6 nitrogen and oxygen atoms in total. The maximum atomic E-state index is 12.4. The van der Waals surface area contributed by atoms with Gasteiger partial charge in [-0.1, -0.05) is 11.3 Å². The number of carbonyl (C=O) groups is 1. The first-order valence-electron chi connectivity index (χ1n) is 7.02. The summed E-state index contributed by atoms with van der Waals surface area (Å²) in [6, 6.07) is -0.149. The van der Waals surface area contributed by atoms with E-state index in [1.54, 1.807) is 11.3 Å². The molecule has 0 unspecified atom stereocenters. The molecule has 0 aliphatic rings. The predicted octanol–water partition coefficient (Wildman–Crippen LogP) is 3.08. The average molecular weight is 335 g/mol. The maximum Gasteiger partial charge on any atom is 0.263 e. The van der Waals surface area contributed by atoms with E-state index in [1.807, 2.05) is 42.9 Å². The van der Waals surface area contributed by atoms with Crippen molar-refractivity contribution in [2.24, 2.45) is 0 Å². The minimum atomic E-state index is -0.149. The zero-order valence-electron chi connectivity index (χ0n) is 12.6. The van der Waals surface area contributed by atoms with Gasteiger partial charge in [-0.3, -0.25) is 9.20 Å². The fraction of sp³-hybridized carbons (Fsp3) is 0.357. The van der Waals surface area contributed by atoms with E-state index < -0.39 is 0 Å². The van der Waals surface area contributed by atoms with Gasteiger partial charge in [0.15, 0.2) is 10.1 Å². The summed E-state index contributed by atoms with van der Waals surface area (Å²) >= 11 is 2.95. The Hall–Kier alpha value is -1.93. The number of thiazole rings is 2. The quantitative estimate of drug-likeness (QED) is 0.752. The molecule has 0 bridgehead atoms. The van der Waals surface area contributed by atoms with E-state index in [1.165, 1.54) is 11.3 Å². The monoisotopic (exact) mass is 335 g/mol. The first kappa shape index (κ1) is 15.0. The van der Waals surface area contributed by atoms with E-state index >= 15 is 0 Å². The normalized spacial score (nSPS) is 12.5. The molecule has 0 aliphatic heterocycles. The van der Waals surface area contributed by atoms with Crippen molar-refractivity contribution in [1.82, 2.24) is 19.7 Å². The molecule has 22 heavy (non-hydrogen) atoms. The SMILES string of the molecule is CCNc1nc(C)c(C(=O)N[C@@H](C)c2cn3ccsc3n2)s1. The molecule has 2 N–H and O–H groups in total. The number of fused-ring (bicyclic) bond motifs is 1. The van der Waals surface area contributed by atoms with Gasteiger partial charge in [0.05, 0.1) is 17.4 Å². The van der Waals surface area contributed by atoms with Crippen LogP contribution >= 0.6 is 22.7 Å². The number of aromatic nitrogens is 3. The van der Waals surface area contributed by atoms with Crippen LogP contribution in [0.4, 0.5) is 5.13 Å². The van der Waals surface area contributed by atoms with Gasteiger partial charge in [-0.25, -0.2) is 9.97 Å². The van der Waals surface area contributed by atoms with Crippen molar-refractivity contribution >= 4 is 38.7 Å². The van der Waals surface area contributed by atoms with Crippen LogP contribution in [-0.2, 0) is 0 Å². The third kappa shape index (κ3) is 2.84. The zero-order chi connectivity index (χ0) is 15.7. The van der Waals surface area contributed by atoms with E-state index in [2.05, 4.69) is 20.6 Å². The molecule has 1 atom stereocenters. The van der Waals surface area contributed by atoms with Crippen LogP contribution in [0.2, 0.25) is 0 Å². The number of aryl methyl sites for hydroxylation is 1. The second kappa shape index (κ2) is 6.05. The summed E-state index contributed by atoms with van der Waals surface area (Å²) in [6.45, 7) is 6.58. The summed E-state index contributed by atoms with van der Waals surface area (Å²) in [5.41, 5.74) is 1.60. The van der Waals surface area contributed by atoms with Crippen molar-refractivity contribution in [3.63, 3.8) is 0 Å². The highest BCUT2D eigenvalue weighted by atomic mass is 32.1. The molecule has 8 heteroatoms.